The number of carbonyl (C=O) groups excluding carboxylic acids is 1. The van der Waals surface area contributed by atoms with Crippen LogP contribution < -0.4 is 11.1 Å². The monoisotopic (exact) mass is 232 g/mol. The number of nitrogen functional groups attached to an aromatic ring is 1. The quantitative estimate of drug-likeness (QED) is 0.600. The van der Waals surface area contributed by atoms with E-state index in [0.29, 0.717) is 11.5 Å². The summed E-state index contributed by atoms with van der Waals surface area (Å²) in [5.41, 5.74) is 7.08. The molecule has 0 radical (unpaired) electrons. The highest BCUT2D eigenvalue weighted by molar-refractivity contribution is 5.92. The van der Waals surface area contributed by atoms with E-state index in [1.165, 1.54) is 13.4 Å². The third-order valence-electron chi connectivity index (χ3n) is 2.29. The first-order valence-electron chi connectivity index (χ1n) is 5.01. The SMILES string of the molecule is COC(=O)CNc1ncnc2ccc(N)cc12. The van der Waals surface area contributed by atoms with Crippen molar-refractivity contribution in [3.63, 3.8) is 0 Å². The minimum atomic E-state index is -0.360. The van der Waals surface area contributed by atoms with E-state index in [-0.39, 0.29) is 12.5 Å². The smallest absolute Gasteiger partial charge is 0.325 e. The molecule has 2 aromatic rings. The second kappa shape index (κ2) is 4.65. The highest BCUT2D eigenvalue weighted by Gasteiger charge is 2.06. The van der Waals surface area contributed by atoms with Crippen molar-refractivity contribution in [3.8, 4) is 0 Å². The molecule has 17 heavy (non-hydrogen) atoms. The van der Waals surface area contributed by atoms with Crippen LogP contribution in [0.1, 0.15) is 0 Å². The molecule has 0 unspecified atom stereocenters. The number of nitrogens with one attached hydrogen (secondary N) is 1. The number of fused-ring (bicyclic) bond motifs is 1. The Morgan fingerprint density at radius 1 is 1.47 bits per heavy atom. The molecule has 0 spiro atoms. The van der Waals surface area contributed by atoms with Crippen molar-refractivity contribution in [2.75, 3.05) is 24.7 Å². The van der Waals surface area contributed by atoms with E-state index in [0.717, 1.165) is 10.9 Å². The number of hydrogen-bond donors (Lipinski definition) is 2. The van der Waals surface area contributed by atoms with Gasteiger partial charge in [-0.2, -0.15) is 0 Å². The number of benzene rings is 1. The molecule has 1 aromatic carbocycles. The molecule has 0 aliphatic rings. The summed E-state index contributed by atoms with van der Waals surface area (Å²) in [4.78, 5) is 19.2. The van der Waals surface area contributed by atoms with Crippen LogP contribution in [0.2, 0.25) is 0 Å². The van der Waals surface area contributed by atoms with Gasteiger partial charge >= 0.3 is 5.97 Å². The number of esters is 1. The minimum Gasteiger partial charge on any atom is -0.468 e. The average molecular weight is 232 g/mol. The van der Waals surface area contributed by atoms with Crippen molar-refractivity contribution in [3.05, 3.63) is 24.5 Å². The second-order valence-corrected chi connectivity index (χ2v) is 3.43. The summed E-state index contributed by atoms with van der Waals surface area (Å²) in [6, 6.07) is 5.32. The maximum Gasteiger partial charge on any atom is 0.325 e. The van der Waals surface area contributed by atoms with Gasteiger partial charge in [-0.1, -0.05) is 0 Å². The number of ether oxygens (including phenoxy) is 1. The predicted molar refractivity (Wildman–Crippen MR) is 64.5 cm³/mol. The Morgan fingerprint density at radius 2 is 2.29 bits per heavy atom. The van der Waals surface area contributed by atoms with Crippen molar-refractivity contribution in [1.82, 2.24) is 9.97 Å². The largest absolute Gasteiger partial charge is 0.468 e. The van der Waals surface area contributed by atoms with E-state index in [9.17, 15) is 4.79 Å². The maximum absolute atomic E-state index is 11.0. The molecule has 1 aromatic heterocycles. The fourth-order valence-electron chi connectivity index (χ4n) is 1.44. The van der Waals surface area contributed by atoms with Crippen molar-refractivity contribution in [1.29, 1.82) is 0 Å². The maximum atomic E-state index is 11.0. The Kier molecular flexibility index (Phi) is 3.04. The van der Waals surface area contributed by atoms with Crippen LogP contribution in [0.25, 0.3) is 10.9 Å². The Labute approximate surface area is 97.8 Å². The summed E-state index contributed by atoms with van der Waals surface area (Å²) in [7, 11) is 1.33. The number of methoxy groups -OCH3 is 1. The highest BCUT2D eigenvalue weighted by Crippen LogP contribution is 2.21. The molecule has 6 heteroatoms. The lowest BCUT2D eigenvalue weighted by Gasteiger charge is -2.07. The Balaban J connectivity index is 2.33. The van der Waals surface area contributed by atoms with Gasteiger partial charge in [0, 0.05) is 11.1 Å². The summed E-state index contributed by atoms with van der Waals surface area (Å²) < 4.78 is 4.54. The Morgan fingerprint density at radius 3 is 3.06 bits per heavy atom. The summed E-state index contributed by atoms with van der Waals surface area (Å²) in [6.07, 6.45) is 1.43. The molecule has 3 N–H and O–H groups in total. The summed E-state index contributed by atoms with van der Waals surface area (Å²) in [5, 5.41) is 3.66. The number of anilines is 2. The van der Waals surface area contributed by atoms with E-state index >= 15 is 0 Å². The molecule has 0 saturated heterocycles. The summed E-state index contributed by atoms with van der Waals surface area (Å²) in [5.74, 6) is 0.202. The number of aromatic nitrogens is 2. The molecule has 2 rings (SSSR count). The Bertz CT molecular complexity index is 556. The fraction of sp³-hybridized carbons (Fsp3) is 0.182. The molecular weight excluding hydrogens is 220 g/mol. The van der Waals surface area contributed by atoms with Gasteiger partial charge in [0.15, 0.2) is 0 Å². The second-order valence-electron chi connectivity index (χ2n) is 3.43. The minimum absolute atomic E-state index is 0.0530. The number of carbonyl (C=O) groups is 1. The van der Waals surface area contributed by atoms with Crippen LogP contribution in [0.5, 0.6) is 0 Å². The van der Waals surface area contributed by atoms with Crippen molar-refractivity contribution in [2.24, 2.45) is 0 Å². The molecular formula is C11H12N4O2. The predicted octanol–water partition coefficient (Wildman–Crippen LogP) is 0.797. The van der Waals surface area contributed by atoms with E-state index in [1.807, 2.05) is 0 Å². The lowest BCUT2D eigenvalue weighted by molar-refractivity contribution is -0.138. The number of hydrogen-bond acceptors (Lipinski definition) is 6. The first-order valence-corrected chi connectivity index (χ1v) is 5.01. The lowest BCUT2D eigenvalue weighted by Crippen LogP contribution is -2.16. The van der Waals surface area contributed by atoms with Crippen LogP contribution in [0.15, 0.2) is 24.5 Å². The molecule has 0 saturated carbocycles. The highest BCUT2D eigenvalue weighted by atomic mass is 16.5. The molecule has 0 aliphatic carbocycles. The van der Waals surface area contributed by atoms with Crippen LogP contribution in [0.4, 0.5) is 11.5 Å². The van der Waals surface area contributed by atoms with Crippen LogP contribution in [-0.4, -0.2) is 29.6 Å². The van der Waals surface area contributed by atoms with Gasteiger partial charge in [0.2, 0.25) is 0 Å². The summed E-state index contributed by atoms with van der Waals surface area (Å²) >= 11 is 0. The normalized spacial score (nSPS) is 10.2. The molecule has 1 heterocycles. The van der Waals surface area contributed by atoms with Crippen LogP contribution in [0, 0.1) is 0 Å². The standard InChI is InChI=1S/C11H12N4O2/c1-17-10(16)5-13-11-8-4-7(12)2-3-9(8)14-6-15-11/h2-4,6H,5,12H2,1H3,(H,13,14,15). The van der Waals surface area contributed by atoms with Crippen LogP contribution in [-0.2, 0) is 9.53 Å². The molecule has 0 bridgehead atoms. The van der Waals surface area contributed by atoms with Crippen molar-refractivity contribution in [2.45, 2.75) is 0 Å². The zero-order chi connectivity index (χ0) is 12.3. The van der Waals surface area contributed by atoms with Gasteiger partial charge in [0.1, 0.15) is 18.7 Å². The zero-order valence-electron chi connectivity index (χ0n) is 9.30. The van der Waals surface area contributed by atoms with E-state index in [1.54, 1.807) is 18.2 Å². The molecule has 0 fully saturated rings. The van der Waals surface area contributed by atoms with Gasteiger partial charge in [0.05, 0.1) is 12.6 Å². The van der Waals surface area contributed by atoms with Crippen molar-refractivity contribution < 1.29 is 9.53 Å². The van der Waals surface area contributed by atoms with E-state index in [2.05, 4.69) is 20.0 Å². The zero-order valence-corrected chi connectivity index (χ0v) is 9.30. The van der Waals surface area contributed by atoms with E-state index in [4.69, 9.17) is 5.73 Å². The van der Waals surface area contributed by atoms with Crippen molar-refractivity contribution >= 4 is 28.4 Å². The molecule has 0 aliphatic heterocycles. The van der Waals surface area contributed by atoms with Gasteiger partial charge in [0.25, 0.3) is 0 Å². The van der Waals surface area contributed by atoms with Gasteiger partial charge in [-0.3, -0.25) is 4.79 Å². The van der Waals surface area contributed by atoms with Crippen LogP contribution in [0.3, 0.4) is 0 Å². The molecule has 6 nitrogen and oxygen atoms in total. The fourth-order valence-corrected chi connectivity index (χ4v) is 1.44. The van der Waals surface area contributed by atoms with Gasteiger partial charge in [-0.25, -0.2) is 9.97 Å². The Hall–Kier alpha value is -2.37. The molecule has 0 atom stereocenters. The molecule has 0 amide bonds. The summed E-state index contributed by atoms with van der Waals surface area (Å²) in [6.45, 7) is 0.0530. The number of rotatable bonds is 3. The topological polar surface area (TPSA) is 90.1 Å². The third kappa shape index (κ3) is 2.41. The number of nitrogens with two attached hydrogens (primary N) is 1. The lowest BCUT2D eigenvalue weighted by atomic mass is 10.2. The first kappa shape index (κ1) is 11.1. The van der Waals surface area contributed by atoms with Gasteiger partial charge in [-0.05, 0) is 18.2 Å². The third-order valence-corrected chi connectivity index (χ3v) is 2.29. The van der Waals surface area contributed by atoms with Gasteiger partial charge < -0.3 is 15.8 Å². The van der Waals surface area contributed by atoms with E-state index < -0.39 is 0 Å². The van der Waals surface area contributed by atoms with Gasteiger partial charge in [-0.15, -0.1) is 0 Å². The average Bonchev–Trinajstić information content (AvgIpc) is 2.35. The van der Waals surface area contributed by atoms with Crippen LogP contribution >= 0.6 is 0 Å². The molecule has 88 valence electrons. The number of nitrogens with zero attached hydrogens (tertiary/aromatic N) is 2. The first-order chi connectivity index (χ1) is 8.20.